The lowest BCUT2D eigenvalue weighted by Crippen LogP contribution is -2.21. The summed E-state index contributed by atoms with van der Waals surface area (Å²) in [5.74, 6) is 5.94. The Labute approximate surface area is 106 Å². The molecule has 0 aromatic carbocycles. The van der Waals surface area contributed by atoms with Crippen LogP contribution in [0.5, 0.6) is 6.01 Å². The van der Waals surface area contributed by atoms with Crippen LogP contribution in [0.4, 0.5) is 11.9 Å². The van der Waals surface area contributed by atoms with Crippen molar-refractivity contribution >= 4 is 11.9 Å². The second-order valence-electron chi connectivity index (χ2n) is 3.69. The van der Waals surface area contributed by atoms with Crippen molar-refractivity contribution in [1.82, 2.24) is 15.0 Å². The van der Waals surface area contributed by atoms with Gasteiger partial charge in [0.05, 0.1) is 12.7 Å². The number of hydrazine groups is 1. The number of aromatic nitrogens is 3. The van der Waals surface area contributed by atoms with Crippen molar-refractivity contribution in [2.75, 3.05) is 31.0 Å². The van der Waals surface area contributed by atoms with Crippen LogP contribution < -0.4 is 21.3 Å². The number of anilines is 2. The van der Waals surface area contributed by atoms with Crippen LogP contribution in [0.25, 0.3) is 0 Å². The van der Waals surface area contributed by atoms with Gasteiger partial charge in [-0.3, -0.25) is 5.43 Å². The predicted molar refractivity (Wildman–Crippen MR) is 68.4 cm³/mol. The number of nitrogens with two attached hydrogens (primary N) is 1. The molecule has 1 heterocycles. The largest absolute Gasteiger partial charge is 0.463 e. The maximum absolute atomic E-state index is 5.34. The lowest BCUT2D eigenvalue weighted by Gasteiger charge is -2.12. The van der Waals surface area contributed by atoms with Gasteiger partial charge in [0.2, 0.25) is 11.9 Å². The fourth-order valence-corrected chi connectivity index (χ4v) is 1.08. The molecule has 0 amide bonds. The van der Waals surface area contributed by atoms with Gasteiger partial charge in [-0.05, 0) is 13.3 Å². The fourth-order valence-electron chi connectivity index (χ4n) is 1.08. The Balaban J connectivity index is 2.70. The quantitative estimate of drug-likeness (QED) is 0.453. The third kappa shape index (κ3) is 4.68. The summed E-state index contributed by atoms with van der Waals surface area (Å²) in [7, 11) is 1.64. The van der Waals surface area contributed by atoms with E-state index in [-0.39, 0.29) is 18.1 Å². The van der Waals surface area contributed by atoms with Crippen LogP contribution in [-0.4, -0.2) is 41.3 Å². The SMILES string of the molecule is CCCOc1nc(NN)nc(NCC(C)OC)n1. The molecule has 0 saturated carbocycles. The molecule has 18 heavy (non-hydrogen) atoms. The van der Waals surface area contributed by atoms with Crippen LogP contribution in [0.15, 0.2) is 0 Å². The van der Waals surface area contributed by atoms with Gasteiger partial charge in [0.15, 0.2) is 0 Å². The summed E-state index contributed by atoms with van der Waals surface area (Å²) in [6.07, 6.45) is 0.927. The second-order valence-corrected chi connectivity index (χ2v) is 3.69. The summed E-state index contributed by atoms with van der Waals surface area (Å²) in [6, 6.07) is 0.243. The van der Waals surface area contributed by atoms with Crippen LogP contribution in [0.3, 0.4) is 0 Å². The number of rotatable bonds is 8. The zero-order valence-electron chi connectivity index (χ0n) is 10.9. The summed E-state index contributed by atoms with van der Waals surface area (Å²) >= 11 is 0. The van der Waals surface area contributed by atoms with E-state index in [9.17, 15) is 0 Å². The molecule has 0 saturated heterocycles. The Bertz CT molecular complexity index is 362. The second kappa shape index (κ2) is 7.62. The van der Waals surface area contributed by atoms with Gasteiger partial charge in [0.1, 0.15) is 0 Å². The average molecular weight is 256 g/mol. The Morgan fingerprint density at radius 2 is 2.00 bits per heavy atom. The highest BCUT2D eigenvalue weighted by Crippen LogP contribution is 2.10. The maximum Gasteiger partial charge on any atom is 0.323 e. The zero-order valence-corrected chi connectivity index (χ0v) is 10.9. The van der Waals surface area contributed by atoms with Gasteiger partial charge in [-0.2, -0.15) is 15.0 Å². The average Bonchev–Trinajstić information content (AvgIpc) is 2.42. The first kappa shape index (κ1) is 14.4. The minimum absolute atomic E-state index is 0.0519. The summed E-state index contributed by atoms with van der Waals surface area (Å²) in [5, 5.41) is 3.02. The van der Waals surface area contributed by atoms with Crippen molar-refractivity contribution in [3.05, 3.63) is 0 Å². The van der Waals surface area contributed by atoms with E-state index in [1.54, 1.807) is 7.11 Å². The van der Waals surface area contributed by atoms with Crippen LogP contribution in [0, 0.1) is 0 Å². The standard InChI is InChI=1S/C10H20N6O2/c1-4-5-18-10-14-8(12-6-7(2)17-3)13-9(15-10)16-11/h7H,4-6,11H2,1-3H3,(H2,12,13,14,15,16). The lowest BCUT2D eigenvalue weighted by atomic mass is 10.4. The number of methoxy groups -OCH3 is 1. The number of nitrogens with zero attached hydrogens (tertiary/aromatic N) is 3. The molecule has 0 radical (unpaired) electrons. The first-order valence-electron chi connectivity index (χ1n) is 5.81. The highest BCUT2D eigenvalue weighted by atomic mass is 16.5. The van der Waals surface area contributed by atoms with Crippen molar-refractivity contribution in [3.63, 3.8) is 0 Å². The molecule has 8 heteroatoms. The van der Waals surface area contributed by atoms with Gasteiger partial charge >= 0.3 is 6.01 Å². The molecular weight excluding hydrogens is 236 g/mol. The first-order chi connectivity index (χ1) is 8.69. The summed E-state index contributed by atoms with van der Waals surface area (Å²) in [5.41, 5.74) is 2.37. The molecule has 0 aliphatic rings. The van der Waals surface area contributed by atoms with Crippen molar-refractivity contribution in [3.8, 4) is 6.01 Å². The lowest BCUT2D eigenvalue weighted by molar-refractivity contribution is 0.128. The summed E-state index contributed by atoms with van der Waals surface area (Å²) in [4.78, 5) is 12.2. The number of ether oxygens (including phenoxy) is 2. The highest BCUT2D eigenvalue weighted by molar-refractivity contribution is 5.34. The Morgan fingerprint density at radius 3 is 2.61 bits per heavy atom. The van der Waals surface area contributed by atoms with Crippen LogP contribution in [0.2, 0.25) is 0 Å². The van der Waals surface area contributed by atoms with Crippen molar-refractivity contribution in [2.24, 2.45) is 5.84 Å². The third-order valence-electron chi connectivity index (χ3n) is 2.13. The van der Waals surface area contributed by atoms with Crippen molar-refractivity contribution in [2.45, 2.75) is 26.4 Å². The van der Waals surface area contributed by atoms with E-state index < -0.39 is 0 Å². The van der Waals surface area contributed by atoms with Crippen molar-refractivity contribution in [1.29, 1.82) is 0 Å². The Morgan fingerprint density at radius 1 is 1.28 bits per heavy atom. The number of hydrogen-bond donors (Lipinski definition) is 3. The number of nitrogens with one attached hydrogen (secondary N) is 2. The molecule has 1 unspecified atom stereocenters. The Hall–Kier alpha value is -1.67. The predicted octanol–water partition coefficient (Wildman–Crippen LogP) is 0.393. The molecule has 1 rings (SSSR count). The van der Waals surface area contributed by atoms with Crippen LogP contribution in [0.1, 0.15) is 20.3 Å². The normalized spacial score (nSPS) is 12.0. The molecule has 102 valence electrons. The molecule has 1 aromatic heterocycles. The maximum atomic E-state index is 5.34. The van der Waals surface area contributed by atoms with Crippen molar-refractivity contribution < 1.29 is 9.47 Å². The molecule has 0 aliphatic carbocycles. The van der Waals surface area contributed by atoms with Gasteiger partial charge in [0, 0.05) is 13.7 Å². The smallest absolute Gasteiger partial charge is 0.323 e. The molecule has 0 aliphatic heterocycles. The van der Waals surface area contributed by atoms with E-state index in [1.807, 2.05) is 13.8 Å². The van der Waals surface area contributed by atoms with E-state index in [0.29, 0.717) is 19.1 Å². The zero-order chi connectivity index (χ0) is 13.4. The fraction of sp³-hybridized carbons (Fsp3) is 0.700. The topological polar surface area (TPSA) is 107 Å². The molecule has 1 atom stereocenters. The molecule has 0 bridgehead atoms. The molecule has 4 N–H and O–H groups in total. The summed E-state index contributed by atoms with van der Waals surface area (Å²) in [6.45, 7) is 5.06. The van der Waals surface area contributed by atoms with Gasteiger partial charge < -0.3 is 14.8 Å². The van der Waals surface area contributed by atoms with E-state index in [0.717, 1.165) is 6.42 Å². The third-order valence-corrected chi connectivity index (χ3v) is 2.13. The van der Waals surface area contributed by atoms with Gasteiger partial charge in [-0.15, -0.1) is 0 Å². The van der Waals surface area contributed by atoms with E-state index >= 15 is 0 Å². The van der Waals surface area contributed by atoms with Crippen LogP contribution >= 0.6 is 0 Å². The minimum atomic E-state index is 0.0519. The van der Waals surface area contributed by atoms with Gasteiger partial charge in [-0.25, -0.2) is 5.84 Å². The Kier molecular flexibility index (Phi) is 6.09. The number of hydrogen-bond acceptors (Lipinski definition) is 8. The molecule has 1 aromatic rings. The van der Waals surface area contributed by atoms with Crippen LogP contribution in [-0.2, 0) is 4.74 Å². The monoisotopic (exact) mass is 256 g/mol. The van der Waals surface area contributed by atoms with Gasteiger partial charge in [0.25, 0.3) is 0 Å². The van der Waals surface area contributed by atoms with Gasteiger partial charge in [-0.1, -0.05) is 6.92 Å². The first-order valence-corrected chi connectivity index (χ1v) is 5.81. The molecule has 0 spiro atoms. The molecule has 8 nitrogen and oxygen atoms in total. The van der Waals surface area contributed by atoms with E-state index in [2.05, 4.69) is 25.7 Å². The molecular formula is C10H20N6O2. The molecule has 0 fully saturated rings. The van der Waals surface area contributed by atoms with E-state index in [1.165, 1.54) is 0 Å². The number of nitrogen functional groups attached to an aromatic ring is 1. The minimum Gasteiger partial charge on any atom is -0.463 e. The van der Waals surface area contributed by atoms with E-state index in [4.69, 9.17) is 15.3 Å². The summed E-state index contributed by atoms with van der Waals surface area (Å²) < 4.78 is 10.5. The highest BCUT2D eigenvalue weighted by Gasteiger charge is 2.07.